The first kappa shape index (κ1) is 15.4. The van der Waals surface area contributed by atoms with Crippen molar-refractivity contribution in [2.75, 3.05) is 25.8 Å². The molecule has 7 heteroatoms. The fourth-order valence-electron chi connectivity index (χ4n) is 2.35. The van der Waals surface area contributed by atoms with Gasteiger partial charge in [-0.05, 0) is 18.2 Å². The molecule has 1 N–H and O–H groups in total. The van der Waals surface area contributed by atoms with Gasteiger partial charge in [0.25, 0.3) is 5.91 Å². The van der Waals surface area contributed by atoms with Crippen LogP contribution in [-0.2, 0) is 6.54 Å². The van der Waals surface area contributed by atoms with Gasteiger partial charge in [0, 0.05) is 38.0 Å². The van der Waals surface area contributed by atoms with Crippen molar-refractivity contribution in [3.8, 4) is 11.5 Å². The Kier molecular flexibility index (Phi) is 4.25. The number of hydrogen-bond donors (Lipinski definition) is 1. The number of fused-ring (bicyclic) bond motifs is 1. The number of hydrogen-bond acceptors (Lipinski definition) is 5. The lowest BCUT2D eigenvalue weighted by Gasteiger charge is -2.16. The maximum atomic E-state index is 12.4. The fourth-order valence-corrected chi connectivity index (χ4v) is 2.61. The summed E-state index contributed by atoms with van der Waals surface area (Å²) in [7, 11) is 3.82. The molecule has 0 aliphatic carbocycles. The summed E-state index contributed by atoms with van der Waals surface area (Å²) in [6.07, 6.45) is 1.72. The lowest BCUT2D eigenvalue weighted by molar-refractivity contribution is 0.0950. The monoisotopic (exact) mass is 333 g/mol. The van der Waals surface area contributed by atoms with Crippen LogP contribution in [0.3, 0.4) is 0 Å². The zero-order chi connectivity index (χ0) is 16.4. The molecule has 120 valence electrons. The van der Waals surface area contributed by atoms with Gasteiger partial charge >= 0.3 is 0 Å². The number of nitrogens with one attached hydrogen (secondary N) is 1. The summed E-state index contributed by atoms with van der Waals surface area (Å²) in [4.78, 5) is 18.6. The molecule has 0 saturated carbocycles. The van der Waals surface area contributed by atoms with Gasteiger partial charge in [0.2, 0.25) is 6.79 Å². The minimum absolute atomic E-state index is 0.113. The highest BCUT2D eigenvalue weighted by Crippen LogP contribution is 2.39. The Hall–Kier alpha value is -2.47. The van der Waals surface area contributed by atoms with Crippen molar-refractivity contribution in [1.82, 2.24) is 10.3 Å². The largest absolute Gasteiger partial charge is 0.454 e. The zero-order valence-corrected chi connectivity index (χ0v) is 13.6. The second kappa shape index (κ2) is 6.34. The summed E-state index contributed by atoms with van der Waals surface area (Å²) in [6.45, 7) is 0.480. The van der Waals surface area contributed by atoms with E-state index in [0.29, 0.717) is 28.6 Å². The molecule has 1 amide bonds. The van der Waals surface area contributed by atoms with E-state index >= 15 is 0 Å². The number of halogens is 1. The minimum Gasteiger partial charge on any atom is -0.454 e. The SMILES string of the molecule is CN(C)c1ncccc1CNC(=O)c1cc(Cl)c2c(c1)OCO2. The summed E-state index contributed by atoms with van der Waals surface area (Å²) in [5.74, 6) is 1.54. The van der Waals surface area contributed by atoms with E-state index in [-0.39, 0.29) is 12.7 Å². The van der Waals surface area contributed by atoms with Gasteiger partial charge in [0.15, 0.2) is 11.5 Å². The first-order valence-corrected chi connectivity index (χ1v) is 7.42. The Balaban J connectivity index is 1.75. The Bertz CT molecular complexity index is 749. The second-order valence-corrected chi connectivity index (χ2v) is 5.66. The number of pyridine rings is 1. The average Bonchev–Trinajstić information content (AvgIpc) is 3.01. The molecule has 1 aromatic heterocycles. The van der Waals surface area contributed by atoms with E-state index < -0.39 is 0 Å². The molecular formula is C16H16ClN3O3. The summed E-state index contributed by atoms with van der Waals surface area (Å²) in [5.41, 5.74) is 1.35. The molecule has 0 saturated heterocycles. The molecule has 0 radical (unpaired) electrons. The maximum absolute atomic E-state index is 12.4. The van der Waals surface area contributed by atoms with Gasteiger partial charge in [-0.3, -0.25) is 4.79 Å². The van der Waals surface area contributed by atoms with Gasteiger partial charge in [-0.25, -0.2) is 4.98 Å². The van der Waals surface area contributed by atoms with E-state index in [1.807, 2.05) is 31.1 Å². The quantitative estimate of drug-likeness (QED) is 0.931. The lowest BCUT2D eigenvalue weighted by atomic mass is 10.1. The zero-order valence-electron chi connectivity index (χ0n) is 12.8. The van der Waals surface area contributed by atoms with Crippen molar-refractivity contribution in [2.45, 2.75) is 6.54 Å². The minimum atomic E-state index is -0.237. The van der Waals surface area contributed by atoms with Gasteiger partial charge in [-0.15, -0.1) is 0 Å². The highest BCUT2D eigenvalue weighted by molar-refractivity contribution is 6.32. The molecule has 0 bridgehead atoms. The highest BCUT2D eigenvalue weighted by atomic mass is 35.5. The Morgan fingerprint density at radius 2 is 2.22 bits per heavy atom. The predicted octanol–water partition coefficient (Wildman–Crippen LogP) is 2.46. The summed E-state index contributed by atoms with van der Waals surface area (Å²) < 4.78 is 10.5. The fraction of sp³-hybridized carbons (Fsp3) is 0.250. The number of rotatable bonds is 4. The summed E-state index contributed by atoms with van der Waals surface area (Å²) in [5, 5.41) is 3.23. The third kappa shape index (κ3) is 3.17. The third-order valence-corrected chi connectivity index (χ3v) is 3.70. The molecule has 1 aromatic carbocycles. The van der Waals surface area contributed by atoms with E-state index in [0.717, 1.165) is 11.4 Å². The van der Waals surface area contributed by atoms with Crippen LogP contribution in [0.2, 0.25) is 5.02 Å². The molecule has 0 spiro atoms. The van der Waals surface area contributed by atoms with E-state index in [2.05, 4.69) is 10.3 Å². The number of carbonyl (C=O) groups excluding carboxylic acids is 1. The summed E-state index contributed by atoms with van der Waals surface area (Å²) >= 11 is 6.10. The number of amides is 1. The number of nitrogens with zero attached hydrogens (tertiary/aromatic N) is 2. The molecule has 2 heterocycles. The van der Waals surface area contributed by atoms with Gasteiger partial charge in [-0.1, -0.05) is 17.7 Å². The van der Waals surface area contributed by atoms with Crippen LogP contribution in [0.1, 0.15) is 15.9 Å². The van der Waals surface area contributed by atoms with Gasteiger partial charge < -0.3 is 19.7 Å². The van der Waals surface area contributed by atoms with Crippen LogP contribution in [0.5, 0.6) is 11.5 Å². The van der Waals surface area contributed by atoms with Crippen molar-refractivity contribution in [1.29, 1.82) is 0 Å². The number of anilines is 1. The molecule has 0 unspecified atom stereocenters. The van der Waals surface area contributed by atoms with Crippen LogP contribution in [0.15, 0.2) is 30.5 Å². The van der Waals surface area contributed by atoms with Crippen molar-refractivity contribution < 1.29 is 14.3 Å². The smallest absolute Gasteiger partial charge is 0.251 e. The van der Waals surface area contributed by atoms with Crippen LogP contribution in [0.4, 0.5) is 5.82 Å². The molecule has 0 atom stereocenters. The second-order valence-electron chi connectivity index (χ2n) is 5.26. The highest BCUT2D eigenvalue weighted by Gasteiger charge is 2.20. The number of ether oxygens (including phenoxy) is 2. The molecule has 0 fully saturated rings. The van der Waals surface area contributed by atoms with Crippen LogP contribution < -0.4 is 19.7 Å². The molecule has 1 aliphatic rings. The predicted molar refractivity (Wildman–Crippen MR) is 87.3 cm³/mol. The van der Waals surface area contributed by atoms with E-state index in [1.165, 1.54) is 0 Å². The Morgan fingerprint density at radius 3 is 3.00 bits per heavy atom. The first-order valence-electron chi connectivity index (χ1n) is 7.05. The van der Waals surface area contributed by atoms with Crippen LogP contribution in [-0.4, -0.2) is 31.8 Å². The Labute approximate surface area is 139 Å². The van der Waals surface area contributed by atoms with Crippen LogP contribution in [0.25, 0.3) is 0 Å². The topological polar surface area (TPSA) is 63.7 Å². The molecule has 6 nitrogen and oxygen atoms in total. The van der Waals surface area contributed by atoms with Gasteiger partial charge in [-0.2, -0.15) is 0 Å². The van der Waals surface area contributed by atoms with Crippen molar-refractivity contribution in [2.24, 2.45) is 0 Å². The lowest BCUT2D eigenvalue weighted by Crippen LogP contribution is -2.24. The number of carbonyl (C=O) groups is 1. The normalized spacial score (nSPS) is 12.1. The molecular weight excluding hydrogens is 318 g/mol. The van der Waals surface area contributed by atoms with Crippen molar-refractivity contribution in [3.05, 3.63) is 46.6 Å². The average molecular weight is 334 g/mol. The van der Waals surface area contributed by atoms with Crippen molar-refractivity contribution in [3.63, 3.8) is 0 Å². The van der Waals surface area contributed by atoms with E-state index in [4.69, 9.17) is 21.1 Å². The van der Waals surface area contributed by atoms with Gasteiger partial charge in [0.05, 0.1) is 5.02 Å². The number of aromatic nitrogens is 1. The van der Waals surface area contributed by atoms with Crippen molar-refractivity contribution >= 4 is 23.3 Å². The number of benzene rings is 1. The van der Waals surface area contributed by atoms with E-state index in [1.54, 1.807) is 18.3 Å². The standard InChI is InChI=1S/C16H16ClN3O3/c1-20(2)15-10(4-3-5-18-15)8-19-16(21)11-6-12(17)14-13(7-11)22-9-23-14/h3-7H,8-9H2,1-2H3,(H,19,21). The molecule has 2 aromatic rings. The molecule has 1 aliphatic heterocycles. The summed E-state index contributed by atoms with van der Waals surface area (Å²) in [6, 6.07) is 6.96. The van der Waals surface area contributed by atoms with Crippen LogP contribution in [0, 0.1) is 0 Å². The Morgan fingerprint density at radius 1 is 1.39 bits per heavy atom. The van der Waals surface area contributed by atoms with E-state index in [9.17, 15) is 4.79 Å². The maximum Gasteiger partial charge on any atom is 0.251 e. The van der Waals surface area contributed by atoms with Crippen LogP contribution >= 0.6 is 11.6 Å². The van der Waals surface area contributed by atoms with Gasteiger partial charge in [0.1, 0.15) is 5.82 Å². The molecule has 3 rings (SSSR count). The first-order chi connectivity index (χ1) is 11.1. The third-order valence-electron chi connectivity index (χ3n) is 3.42. The molecule has 23 heavy (non-hydrogen) atoms.